The van der Waals surface area contributed by atoms with Gasteiger partial charge in [-0.05, 0) is 36.9 Å². The van der Waals surface area contributed by atoms with Crippen molar-refractivity contribution in [3.63, 3.8) is 0 Å². The molecule has 2 heterocycles. The van der Waals surface area contributed by atoms with E-state index >= 15 is 0 Å². The van der Waals surface area contributed by atoms with E-state index in [4.69, 9.17) is 21.4 Å². The molecule has 0 bridgehead atoms. The monoisotopic (exact) mass is 433 g/mol. The highest BCUT2D eigenvalue weighted by molar-refractivity contribution is 8.13. The van der Waals surface area contributed by atoms with Crippen LogP contribution in [0.3, 0.4) is 0 Å². The first kappa shape index (κ1) is 19.2. The van der Waals surface area contributed by atoms with Gasteiger partial charge in [-0.25, -0.2) is 4.99 Å². The van der Waals surface area contributed by atoms with Gasteiger partial charge in [-0.3, -0.25) is 4.90 Å². The smallest absolute Gasteiger partial charge is 0.247 e. The number of fused-ring (bicyclic) bond motifs is 3. The molecule has 3 aromatic rings. The highest BCUT2D eigenvalue weighted by atomic mass is 35.5. The van der Waals surface area contributed by atoms with Crippen molar-refractivity contribution < 1.29 is 4.84 Å². The summed E-state index contributed by atoms with van der Waals surface area (Å²) in [5.41, 5.74) is 4.00. The first-order valence-electron chi connectivity index (χ1n) is 9.71. The van der Waals surface area contributed by atoms with Crippen molar-refractivity contribution in [1.82, 2.24) is 0 Å². The van der Waals surface area contributed by atoms with Crippen LogP contribution in [0.25, 0.3) is 0 Å². The SMILES string of the molecule is CSC1=Nc2ccccc2N2C(c3ccc(C)c(Cl)c3)=NO[C@@]2(c2ccccc2)C1. The number of para-hydroxylation sites is 2. The van der Waals surface area contributed by atoms with Crippen LogP contribution in [0.4, 0.5) is 11.4 Å². The Morgan fingerprint density at radius 3 is 2.57 bits per heavy atom. The lowest BCUT2D eigenvalue weighted by atomic mass is 9.96. The number of hydrogen-bond acceptors (Lipinski definition) is 5. The number of benzene rings is 3. The number of aryl methyl sites for hydroxylation is 1. The molecule has 5 rings (SSSR count). The molecule has 2 aliphatic rings. The summed E-state index contributed by atoms with van der Waals surface area (Å²) in [4.78, 5) is 13.4. The molecule has 0 spiro atoms. The van der Waals surface area contributed by atoms with E-state index in [1.807, 2.05) is 67.8 Å². The van der Waals surface area contributed by atoms with E-state index in [9.17, 15) is 0 Å². The molecule has 0 aliphatic carbocycles. The van der Waals surface area contributed by atoms with Crippen molar-refractivity contribution in [2.24, 2.45) is 10.1 Å². The summed E-state index contributed by atoms with van der Waals surface area (Å²) in [5, 5.41) is 6.30. The van der Waals surface area contributed by atoms with Crippen LogP contribution < -0.4 is 4.90 Å². The number of hydrogen-bond donors (Lipinski definition) is 0. The third-order valence-corrected chi connectivity index (χ3v) is 6.62. The second-order valence-corrected chi connectivity index (χ2v) is 8.62. The number of aliphatic imine (C=N–C) groups is 1. The lowest BCUT2D eigenvalue weighted by molar-refractivity contribution is -0.0148. The molecule has 2 aliphatic heterocycles. The summed E-state index contributed by atoms with van der Waals surface area (Å²) in [5.74, 6) is 0.728. The molecule has 4 nitrogen and oxygen atoms in total. The molecule has 6 heteroatoms. The summed E-state index contributed by atoms with van der Waals surface area (Å²) in [6.07, 6.45) is 2.63. The quantitative estimate of drug-likeness (QED) is 0.463. The van der Waals surface area contributed by atoms with Crippen molar-refractivity contribution in [2.75, 3.05) is 11.2 Å². The molecule has 150 valence electrons. The van der Waals surface area contributed by atoms with Gasteiger partial charge in [0.25, 0.3) is 0 Å². The third kappa shape index (κ3) is 3.01. The molecular weight excluding hydrogens is 414 g/mol. The zero-order chi connectivity index (χ0) is 20.7. The Bertz CT molecular complexity index is 1180. The van der Waals surface area contributed by atoms with Gasteiger partial charge in [-0.15, -0.1) is 11.8 Å². The Labute approximate surface area is 185 Å². The number of anilines is 1. The molecule has 0 unspecified atom stereocenters. The summed E-state index contributed by atoms with van der Waals surface area (Å²) >= 11 is 8.09. The first-order chi connectivity index (χ1) is 14.6. The number of thioether (sulfide) groups is 1. The Kier molecular flexibility index (Phi) is 4.80. The van der Waals surface area contributed by atoms with Gasteiger partial charge in [0.1, 0.15) is 0 Å². The Hall–Kier alpha value is -2.76. The van der Waals surface area contributed by atoms with Crippen molar-refractivity contribution in [2.45, 2.75) is 19.1 Å². The largest absolute Gasteiger partial charge is 0.359 e. The Morgan fingerprint density at radius 2 is 1.80 bits per heavy atom. The number of nitrogens with zero attached hydrogens (tertiary/aromatic N) is 3. The minimum atomic E-state index is -0.817. The second kappa shape index (κ2) is 7.49. The van der Waals surface area contributed by atoms with Crippen LogP contribution in [-0.2, 0) is 10.6 Å². The third-order valence-electron chi connectivity index (χ3n) is 5.51. The van der Waals surface area contributed by atoms with Gasteiger partial charge in [0.2, 0.25) is 5.72 Å². The van der Waals surface area contributed by atoms with E-state index < -0.39 is 5.72 Å². The molecule has 0 saturated carbocycles. The maximum absolute atomic E-state index is 6.46. The maximum atomic E-state index is 6.46. The van der Waals surface area contributed by atoms with Crippen LogP contribution in [0.2, 0.25) is 5.02 Å². The van der Waals surface area contributed by atoms with Crippen LogP contribution in [0, 0.1) is 6.92 Å². The maximum Gasteiger partial charge on any atom is 0.247 e. The minimum absolute atomic E-state index is 0.583. The zero-order valence-corrected chi connectivity index (χ0v) is 18.2. The van der Waals surface area contributed by atoms with Crippen LogP contribution in [-0.4, -0.2) is 17.1 Å². The predicted octanol–water partition coefficient (Wildman–Crippen LogP) is 6.50. The summed E-state index contributed by atoms with van der Waals surface area (Å²) in [7, 11) is 0. The van der Waals surface area contributed by atoms with Gasteiger partial charge in [0, 0.05) is 16.1 Å². The highest BCUT2D eigenvalue weighted by Gasteiger charge is 2.51. The average Bonchev–Trinajstić information content (AvgIpc) is 3.09. The minimum Gasteiger partial charge on any atom is -0.359 e. The van der Waals surface area contributed by atoms with E-state index in [2.05, 4.69) is 28.3 Å². The molecule has 30 heavy (non-hydrogen) atoms. The standard InChI is InChI=1S/C24H20ClN3OS/c1-16-12-13-17(14-19(16)25)23-27-29-24(18-8-4-3-5-9-18)15-22(30-2)26-20-10-6-7-11-21(20)28(23)24/h3-14H,15H2,1-2H3/t24-/m1/s1. The fourth-order valence-electron chi connectivity index (χ4n) is 3.93. The van der Waals surface area contributed by atoms with E-state index in [-0.39, 0.29) is 0 Å². The lowest BCUT2D eigenvalue weighted by Gasteiger charge is -2.36. The number of halogens is 1. The van der Waals surface area contributed by atoms with Gasteiger partial charge < -0.3 is 4.84 Å². The van der Waals surface area contributed by atoms with Gasteiger partial charge >= 0.3 is 0 Å². The summed E-state index contributed by atoms with van der Waals surface area (Å²) < 4.78 is 0. The molecular formula is C24H20ClN3OS. The van der Waals surface area contributed by atoms with Crippen LogP contribution in [0.5, 0.6) is 0 Å². The summed E-state index contributed by atoms with van der Waals surface area (Å²) in [6.45, 7) is 1.99. The fraction of sp³-hybridized carbons (Fsp3) is 0.167. The van der Waals surface area contributed by atoms with Gasteiger partial charge in [-0.1, -0.05) is 71.4 Å². The van der Waals surface area contributed by atoms with Crippen molar-refractivity contribution >= 4 is 45.6 Å². The molecule has 3 aromatic carbocycles. The second-order valence-electron chi connectivity index (χ2n) is 7.33. The van der Waals surface area contributed by atoms with Crippen LogP contribution >= 0.6 is 23.4 Å². The molecule has 0 fully saturated rings. The lowest BCUT2D eigenvalue weighted by Crippen LogP contribution is -2.47. The van der Waals surface area contributed by atoms with Crippen LogP contribution in [0.15, 0.2) is 82.9 Å². The van der Waals surface area contributed by atoms with Gasteiger partial charge in [0.15, 0.2) is 5.84 Å². The molecule has 0 N–H and O–H groups in total. The van der Waals surface area contributed by atoms with Crippen molar-refractivity contribution in [1.29, 1.82) is 0 Å². The van der Waals surface area contributed by atoms with Gasteiger partial charge in [0.05, 0.1) is 22.8 Å². The molecule has 1 atom stereocenters. The Morgan fingerprint density at radius 1 is 1.03 bits per heavy atom. The van der Waals surface area contributed by atoms with Crippen molar-refractivity contribution in [3.05, 3.63) is 94.5 Å². The normalized spacial score (nSPS) is 19.9. The summed E-state index contributed by atoms with van der Waals surface area (Å²) in [6, 6.07) is 24.4. The first-order valence-corrected chi connectivity index (χ1v) is 11.3. The number of amidine groups is 1. The predicted molar refractivity (Wildman–Crippen MR) is 126 cm³/mol. The molecule has 0 saturated heterocycles. The van der Waals surface area contributed by atoms with E-state index in [0.29, 0.717) is 11.4 Å². The molecule has 0 aromatic heterocycles. The Balaban J connectivity index is 1.76. The number of rotatable bonds is 2. The highest BCUT2D eigenvalue weighted by Crippen LogP contribution is 2.49. The average molecular weight is 434 g/mol. The van der Waals surface area contributed by atoms with Crippen LogP contribution in [0.1, 0.15) is 23.1 Å². The fourth-order valence-corrected chi connectivity index (χ4v) is 4.64. The van der Waals surface area contributed by atoms with E-state index in [0.717, 1.165) is 38.9 Å². The number of oxime groups is 1. The van der Waals surface area contributed by atoms with E-state index in [1.54, 1.807) is 11.8 Å². The van der Waals surface area contributed by atoms with Gasteiger partial charge in [-0.2, -0.15) is 0 Å². The topological polar surface area (TPSA) is 37.2 Å². The van der Waals surface area contributed by atoms with Crippen molar-refractivity contribution in [3.8, 4) is 0 Å². The molecule has 0 radical (unpaired) electrons. The molecule has 0 amide bonds. The zero-order valence-electron chi connectivity index (χ0n) is 16.7. The van der Waals surface area contributed by atoms with E-state index in [1.165, 1.54) is 0 Å².